The molecule has 0 unspecified atom stereocenters. The molecule has 1 heterocycles. The van der Waals surface area contributed by atoms with Crippen LogP contribution in [0.5, 0.6) is 5.75 Å². The van der Waals surface area contributed by atoms with Crippen molar-refractivity contribution in [2.75, 3.05) is 14.2 Å². The number of ether oxygens (including phenoxy) is 2. The SMILES string of the molecule is COC(=O)c1ccc(Cc2ccc(OC)c(-c3cccc(Cl)c3)c2)cn1. The summed E-state index contributed by atoms with van der Waals surface area (Å²) in [4.78, 5) is 15.6. The van der Waals surface area contributed by atoms with Crippen molar-refractivity contribution in [3.8, 4) is 16.9 Å². The van der Waals surface area contributed by atoms with Gasteiger partial charge in [0, 0.05) is 16.8 Å². The third-order valence-electron chi connectivity index (χ3n) is 4.03. The molecule has 3 aromatic rings. The Morgan fingerprint density at radius 2 is 1.85 bits per heavy atom. The summed E-state index contributed by atoms with van der Waals surface area (Å²) in [5.41, 5.74) is 4.38. The lowest BCUT2D eigenvalue weighted by atomic mass is 9.98. The number of hydrogen-bond acceptors (Lipinski definition) is 4. The van der Waals surface area contributed by atoms with Crippen molar-refractivity contribution in [2.45, 2.75) is 6.42 Å². The van der Waals surface area contributed by atoms with Gasteiger partial charge >= 0.3 is 5.97 Å². The lowest BCUT2D eigenvalue weighted by Gasteiger charge is -2.12. The molecule has 0 N–H and O–H groups in total. The highest BCUT2D eigenvalue weighted by atomic mass is 35.5. The van der Waals surface area contributed by atoms with Gasteiger partial charge in [-0.15, -0.1) is 0 Å². The second-order valence-electron chi connectivity index (χ2n) is 5.77. The fourth-order valence-electron chi connectivity index (χ4n) is 2.74. The summed E-state index contributed by atoms with van der Waals surface area (Å²) in [6, 6.07) is 17.3. The van der Waals surface area contributed by atoms with E-state index in [9.17, 15) is 4.79 Å². The number of benzene rings is 2. The highest BCUT2D eigenvalue weighted by molar-refractivity contribution is 6.30. The van der Waals surface area contributed by atoms with Gasteiger partial charge in [-0.3, -0.25) is 0 Å². The maximum atomic E-state index is 11.5. The quantitative estimate of drug-likeness (QED) is 0.608. The molecule has 26 heavy (non-hydrogen) atoms. The van der Waals surface area contributed by atoms with E-state index in [0.29, 0.717) is 17.1 Å². The normalized spacial score (nSPS) is 10.4. The van der Waals surface area contributed by atoms with Crippen molar-refractivity contribution >= 4 is 17.6 Å². The first-order chi connectivity index (χ1) is 12.6. The van der Waals surface area contributed by atoms with E-state index in [-0.39, 0.29) is 0 Å². The topological polar surface area (TPSA) is 48.4 Å². The van der Waals surface area contributed by atoms with Crippen molar-refractivity contribution in [1.29, 1.82) is 0 Å². The molecule has 1 aromatic heterocycles. The fourth-order valence-corrected chi connectivity index (χ4v) is 2.93. The summed E-state index contributed by atoms with van der Waals surface area (Å²) >= 11 is 6.13. The van der Waals surface area contributed by atoms with Crippen LogP contribution in [-0.2, 0) is 11.2 Å². The number of aromatic nitrogens is 1. The number of rotatable bonds is 5. The lowest BCUT2D eigenvalue weighted by molar-refractivity contribution is 0.0594. The molecule has 0 aliphatic carbocycles. The molecule has 0 spiro atoms. The summed E-state index contributed by atoms with van der Waals surface area (Å²) in [5.74, 6) is 0.347. The molecule has 0 bridgehead atoms. The van der Waals surface area contributed by atoms with Gasteiger partial charge in [0.25, 0.3) is 0 Å². The molecule has 0 aliphatic heterocycles. The Bertz CT molecular complexity index is 923. The number of carbonyl (C=O) groups excluding carboxylic acids is 1. The zero-order valence-corrected chi connectivity index (χ0v) is 15.3. The Morgan fingerprint density at radius 1 is 1.04 bits per heavy atom. The van der Waals surface area contributed by atoms with E-state index in [1.54, 1.807) is 19.4 Å². The van der Waals surface area contributed by atoms with E-state index in [0.717, 1.165) is 28.0 Å². The molecular formula is C21H18ClNO3. The first-order valence-electron chi connectivity index (χ1n) is 8.07. The highest BCUT2D eigenvalue weighted by Gasteiger charge is 2.10. The summed E-state index contributed by atoms with van der Waals surface area (Å²) in [5, 5.41) is 0.678. The number of methoxy groups -OCH3 is 2. The van der Waals surface area contributed by atoms with Gasteiger partial charge in [-0.2, -0.15) is 0 Å². The van der Waals surface area contributed by atoms with Gasteiger partial charge in [-0.25, -0.2) is 9.78 Å². The third kappa shape index (κ3) is 4.03. The van der Waals surface area contributed by atoms with Crippen LogP contribution >= 0.6 is 11.6 Å². The molecule has 0 aliphatic rings. The Labute approximate surface area is 157 Å². The van der Waals surface area contributed by atoms with Gasteiger partial charge < -0.3 is 9.47 Å². The minimum Gasteiger partial charge on any atom is -0.496 e. The van der Waals surface area contributed by atoms with Gasteiger partial charge in [0.1, 0.15) is 11.4 Å². The third-order valence-corrected chi connectivity index (χ3v) is 4.26. The molecule has 4 nitrogen and oxygen atoms in total. The van der Waals surface area contributed by atoms with E-state index in [1.165, 1.54) is 7.11 Å². The molecule has 2 aromatic carbocycles. The summed E-state index contributed by atoms with van der Waals surface area (Å²) in [7, 11) is 2.99. The van der Waals surface area contributed by atoms with Crippen molar-refractivity contribution in [2.24, 2.45) is 0 Å². The van der Waals surface area contributed by atoms with Crippen molar-refractivity contribution in [3.05, 3.63) is 82.6 Å². The van der Waals surface area contributed by atoms with E-state index < -0.39 is 5.97 Å². The van der Waals surface area contributed by atoms with E-state index >= 15 is 0 Å². The van der Waals surface area contributed by atoms with Crippen LogP contribution in [0.2, 0.25) is 5.02 Å². The van der Waals surface area contributed by atoms with Crippen LogP contribution in [0.4, 0.5) is 0 Å². The van der Waals surface area contributed by atoms with Crippen LogP contribution < -0.4 is 4.74 Å². The molecule has 0 saturated carbocycles. The largest absolute Gasteiger partial charge is 0.496 e. The zero-order chi connectivity index (χ0) is 18.5. The Kier molecular flexibility index (Phi) is 5.54. The van der Waals surface area contributed by atoms with Gasteiger partial charge in [-0.05, 0) is 53.4 Å². The Balaban J connectivity index is 1.89. The first kappa shape index (κ1) is 18.0. The second-order valence-corrected chi connectivity index (χ2v) is 6.20. The van der Waals surface area contributed by atoms with E-state index in [1.807, 2.05) is 42.5 Å². The molecule has 5 heteroatoms. The van der Waals surface area contributed by atoms with Gasteiger partial charge in [-0.1, -0.05) is 35.9 Å². The van der Waals surface area contributed by atoms with Crippen LogP contribution in [0.25, 0.3) is 11.1 Å². The minimum absolute atomic E-state index is 0.297. The first-order valence-corrected chi connectivity index (χ1v) is 8.44. The fraction of sp³-hybridized carbons (Fsp3) is 0.143. The standard InChI is InChI=1S/C21H18ClNO3/c1-25-20-9-7-14(11-18(20)16-4-3-5-17(22)12-16)10-15-6-8-19(23-13-15)21(24)26-2/h3-9,11-13H,10H2,1-2H3. The average Bonchev–Trinajstić information content (AvgIpc) is 2.68. The molecule has 0 fully saturated rings. The maximum absolute atomic E-state index is 11.5. The van der Waals surface area contributed by atoms with Crippen LogP contribution in [0.1, 0.15) is 21.6 Å². The van der Waals surface area contributed by atoms with E-state index in [2.05, 4.69) is 15.8 Å². The highest BCUT2D eigenvalue weighted by Crippen LogP contribution is 2.32. The monoisotopic (exact) mass is 367 g/mol. The molecule has 0 radical (unpaired) electrons. The van der Waals surface area contributed by atoms with Crippen LogP contribution in [0.15, 0.2) is 60.8 Å². The molecule has 0 amide bonds. The smallest absolute Gasteiger partial charge is 0.356 e. The molecular weight excluding hydrogens is 350 g/mol. The lowest BCUT2D eigenvalue weighted by Crippen LogP contribution is -2.04. The number of esters is 1. The van der Waals surface area contributed by atoms with Crippen molar-refractivity contribution in [3.63, 3.8) is 0 Å². The van der Waals surface area contributed by atoms with Crippen LogP contribution in [0, 0.1) is 0 Å². The van der Waals surface area contributed by atoms with Gasteiger partial charge in [0.05, 0.1) is 14.2 Å². The minimum atomic E-state index is -0.441. The molecule has 3 rings (SSSR count). The van der Waals surface area contributed by atoms with Gasteiger partial charge in [0.15, 0.2) is 0 Å². The number of pyridine rings is 1. The molecule has 0 atom stereocenters. The number of halogens is 1. The maximum Gasteiger partial charge on any atom is 0.356 e. The van der Waals surface area contributed by atoms with Crippen molar-refractivity contribution < 1.29 is 14.3 Å². The zero-order valence-electron chi connectivity index (χ0n) is 14.5. The number of nitrogens with zero attached hydrogens (tertiary/aromatic N) is 1. The summed E-state index contributed by atoms with van der Waals surface area (Å²) < 4.78 is 10.2. The average molecular weight is 368 g/mol. The number of hydrogen-bond donors (Lipinski definition) is 0. The van der Waals surface area contributed by atoms with Gasteiger partial charge in [0.2, 0.25) is 0 Å². The predicted octanol–water partition coefficient (Wildman–Crippen LogP) is 4.79. The predicted molar refractivity (Wildman–Crippen MR) is 102 cm³/mol. The number of carbonyl (C=O) groups is 1. The molecule has 132 valence electrons. The second kappa shape index (κ2) is 8.02. The summed E-state index contributed by atoms with van der Waals surface area (Å²) in [6.07, 6.45) is 2.38. The molecule has 0 saturated heterocycles. The Morgan fingerprint density at radius 3 is 2.50 bits per heavy atom. The van der Waals surface area contributed by atoms with Crippen LogP contribution in [-0.4, -0.2) is 25.2 Å². The Hall–Kier alpha value is -2.85. The summed E-state index contributed by atoms with van der Waals surface area (Å²) in [6.45, 7) is 0. The van der Waals surface area contributed by atoms with E-state index in [4.69, 9.17) is 16.3 Å². The van der Waals surface area contributed by atoms with Crippen LogP contribution in [0.3, 0.4) is 0 Å². The van der Waals surface area contributed by atoms with Crippen molar-refractivity contribution in [1.82, 2.24) is 4.98 Å².